The van der Waals surface area contributed by atoms with Gasteiger partial charge in [0, 0.05) is 17.5 Å². The molecule has 328 valence electrons. The molecule has 63 heavy (non-hydrogen) atoms. The van der Waals surface area contributed by atoms with E-state index in [1.54, 1.807) is 6.07 Å². The summed E-state index contributed by atoms with van der Waals surface area (Å²) in [7, 11) is 0. The smallest absolute Gasteiger partial charge is 0.207 e. The van der Waals surface area contributed by atoms with E-state index < -0.39 is 144 Å². The molecule has 0 aliphatic carbocycles. The normalized spacial score (nSPS) is 11.6. The molecule has 0 fully saturated rings. The second kappa shape index (κ2) is 16.9. The van der Waals surface area contributed by atoms with Crippen molar-refractivity contribution in [3.05, 3.63) is 195 Å². The van der Waals surface area contributed by atoms with Crippen LogP contribution in [-0.2, 0) is 6.54 Å². The van der Waals surface area contributed by atoms with Crippen LogP contribution in [0.1, 0.15) is 5.56 Å². The summed E-state index contributed by atoms with van der Waals surface area (Å²) in [5.41, 5.74) is -12.5. The fraction of sp³-hybridized carbons (Fsp3) is 0.0250. The predicted octanol–water partition coefficient (Wildman–Crippen LogP) is 9.16. The van der Waals surface area contributed by atoms with Crippen LogP contribution in [0.2, 0.25) is 0 Å². The lowest BCUT2D eigenvalue weighted by molar-refractivity contribution is -0.662. The van der Waals surface area contributed by atoms with Gasteiger partial charge in [0.05, 0.1) is 5.56 Å². The maximum absolute atomic E-state index is 15.4. The SMILES string of the molecule is Fc1c(F)c(F)c([B-](c2c(F)c(F)c(F)c(F)c2F)(c2c(F)c(F)c(F)c(F)c2F)c2c(F)c(F)c(F)c(F)c2F)c(F)c1F.Fc1ccccc1C[n+]1cccc2ccccc21. The molecular formula is C40H13BF21N. The van der Waals surface area contributed by atoms with E-state index in [2.05, 4.69) is 22.8 Å². The number of nitrogens with zero attached hydrogens (tertiary/aromatic N) is 1. The molecule has 7 aromatic rings. The Kier molecular flexibility index (Phi) is 12.3. The van der Waals surface area contributed by atoms with E-state index in [1.165, 1.54) is 6.07 Å². The van der Waals surface area contributed by atoms with E-state index in [0.717, 1.165) is 10.9 Å². The Hall–Kier alpha value is -6.68. The van der Waals surface area contributed by atoms with Crippen LogP contribution in [0.5, 0.6) is 0 Å². The van der Waals surface area contributed by atoms with Gasteiger partial charge in [0.2, 0.25) is 5.52 Å². The molecule has 0 N–H and O–H groups in total. The molecule has 23 heteroatoms. The van der Waals surface area contributed by atoms with Gasteiger partial charge in [-0.25, -0.2) is 92.2 Å². The standard InChI is InChI=1S/C24BF20.C16H13FN/c26-5-1(6(27)14(35)21(42)13(5)34)25(2-7(28)15(36)22(43)16(37)8(2)29,3-9(30)17(38)23(44)18(39)10(3)31)4-11(32)19(40)24(45)20(41)12(4)33;17-15-9-3-1-7-14(15)12-18-11-5-8-13-6-2-4-10-16(13)18/h;1-11H,12H2/q-1;+1. The number of para-hydroxylation sites is 1. The van der Waals surface area contributed by atoms with Crippen molar-refractivity contribution in [3.8, 4) is 0 Å². The summed E-state index contributed by atoms with van der Waals surface area (Å²) in [6.07, 6.45) is -5.24. The first-order valence-corrected chi connectivity index (χ1v) is 16.9. The maximum atomic E-state index is 15.4. The molecule has 0 radical (unpaired) electrons. The van der Waals surface area contributed by atoms with Crippen LogP contribution in [0.25, 0.3) is 10.9 Å². The highest BCUT2D eigenvalue weighted by Gasteiger charge is 2.52. The largest absolute Gasteiger partial charge is 0.212 e. The van der Waals surface area contributed by atoms with Crippen molar-refractivity contribution in [3.63, 3.8) is 0 Å². The quantitative estimate of drug-likeness (QED) is 0.0516. The van der Waals surface area contributed by atoms with Crippen LogP contribution in [0.4, 0.5) is 92.2 Å². The number of rotatable bonds is 6. The second-order valence-electron chi connectivity index (χ2n) is 13.1. The van der Waals surface area contributed by atoms with Gasteiger partial charge in [-0.3, -0.25) is 0 Å². The van der Waals surface area contributed by atoms with Gasteiger partial charge in [0.25, 0.3) is 0 Å². The molecule has 6 aromatic carbocycles. The third kappa shape index (κ3) is 7.06. The molecule has 0 unspecified atom stereocenters. The summed E-state index contributed by atoms with van der Waals surface area (Å²) in [5.74, 6) is -71.6. The van der Waals surface area contributed by atoms with Crippen LogP contribution in [-0.4, -0.2) is 6.15 Å². The van der Waals surface area contributed by atoms with Crippen molar-refractivity contribution in [1.82, 2.24) is 0 Å². The first-order chi connectivity index (χ1) is 29.5. The molecule has 0 bridgehead atoms. The summed E-state index contributed by atoms with van der Waals surface area (Å²) in [6, 6.07) is 19.1. The minimum atomic E-state index is -7.22. The highest BCUT2D eigenvalue weighted by atomic mass is 19.2. The summed E-state index contributed by atoms with van der Waals surface area (Å²) in [5, 5.41) is 1.16. The van der Waals surface area contributed by atoms with Crippen LogP contribution < -0.4 is 26.4 Å². The molecule has 0 aliphatic heterocycles. The van der Waals surface area contributed by atoms with Gasteiger partial charge in [-0.2, -0.15) is 4.57 Å². The molecule has 0 atom stereocenters. The van der Waals surface area contributed by atoms with E-state index in [0.29, 0.717) is 12.1 Å². The molecule has 0 saturated heterocycles. The number of pyridine rings is 1. The fourth-order valence-corrected chi connectivity index (χ4v) is 7.04. The summed E-state index contributed by atoms with van der Waals surface area (Å²) >= 11 is 0. The topological polar surface area (TPSA) is 3.88 Å². The van der Waals surface area contributed by atoms with Crippen molar-refractivity contribution in [2.24, 2.45) is 0 Å². The van der Waals surface area contributed by atoms with Gasteiger partial charge < -0.3 is 0 Å². The lowest BCUT2D eigenvalue weighted by atomic mass is 9.12. The maximum Gasteiger partial charge on any atom is 0.212 e. The third-order valence-corrected chi connectivity index (χ3v) is 9.79. The zero-order chi connectivity index (χ0) is 46.7. The van der Waals surface area contributed by atoms with Gasteiger partial charge in [-0.15, -0.1) is 21.9 Å². The summed E-state index contributed by atoms with van der Waals surface area (Å²) in [6.45, 7) is 0.550. The molecule has 0 saturated carbocycles. The fourth-order valence-electron chi connectivity index (χ4n) is 7.04. The van der Waals surface area contributed by atoms with Crippen molar-refractivity contribution in [1.29, 1.82) is 0 Å². The van der Waals surface area contributed by atoms with Crippen molar-refractivity contribution >= 4 is 38.9 Å². The molecule has 1 nitrogen and oxygen atoms in total. The van der Waals surface area contributed by atoms with E-state index >= 15 is 35.1 Å². The second-order valence-corrected chi connectivity index (χ2v) is 13.1. The zero-order valence-corrected chi connectivity index (χ0v) is 30.0. The molecule has 1 heterocycles. The molecule has 1 aromatic heterocycles. The zero-order valence-electron chi connectivity index (χ0n) is 30.0. The number of aromatic nitrogens is 1. The van der Waals surface area contributed by atoms with Crippen LogP contribution in [0.3, 0.4) is 0 Å². The minimum Gasteiger partial charge on any atom is -0.207 e. The van der Waals surface area contributed by atoms with E-state index in [-0.39, 0.29) is 5.82 Å². The van der Waals surface area contributed by atoms with Crippen LogP contribution in [0, 0.1) is 122 Å². The van der Waals surface area contributed by atoms with Gasteiger partial charge in [-0.1, -0.05) is 24.3 Å². The third-order valence-electron chi connectivity index (χ3n) is 9.79. The monoisotopic (exact) mass is 917 g/mol. The lowest BCUT2D eigenvalue weighted by Crippen LogP contribution is -2.81. The van der Waals surface area contributed by atoms with Crippen molar-refractivity contribution in [2.45, 2.75) is 6.54 Å². The van der Waals surface area contributed by atoms with Crippen LogP contribution >= 0.6 is 0 Å². The summed E-state index contributed by atoms with van der Waals surface area (Å²) in [4.78, 5) is 0. The highest BCUT2D eigenvalue weighted by Crippen LogP contribution is 2.31. The number of benzene rings is 6. The van der Waals surface area contributed by atoms with E-state index in [4.69, 9.17) is 0 Å². The molecule has 7 rings (SSSR count). The minimum absolute atomic E-state index is 0.155. The lowest BCUT2D eigenvalue weighted by Gasteiger charge is -2.44. The summed E-state index contributed by atoms with van der Waals surface area (Å²) < 4.78 is 310. The van der Waals surface area contributed by atoms with Crippen molar-refractivity contribution < 1.29 is 96.8 Å². The van der Waals surface area contributed by atoms with Crippen LogP contribution in [0.15, 0.2) is 66.9 Å². The highest BCUT2D eigenvalue weighted by molar-refractivity contribution is 7.20. The number of hydrogen-bond acceptors (Lipinski definition) is 0. The Balaban J connectivity index is 0.000000302. The Bertz CT molecular complexity index is 2620. The predicted molar refractivity (Wildman–Crippen MR) is 179 cm³/mol. The number of fused-ring (bicyclic) bond motifs is 1. The van der Waals surface area contributed by atoms with Gasteiger partial charge in [0.15, 0.2) is 82.5 Å². The Labute approximate surface area is 336 Å². The average molecular weight is 917 g/mol. The Morgan fingerprint density at radius 1 is 0.302 bits per heavy atom. The molecule has 0 amide bonds. The molecule has 0 spiro atoms. The average Bonchev–Trinajstić information content (AvgIpc) is 3.27. The Morgan fingerprint density at radius 3 is 0.905 bits per heavy atom. The van der Waals surface area contributed by atoms with E-state index in [9.17, 15) is 57.1 Å². The van der Waals surface area contributed by atoms with Gasteiger partial charge in [-0.05, 0) is 24.3 Å². The first-order valence-electron chi connectivity index (χ1n) is 16.9. The van der Waals surface area contributed by atoms with Crippen molar-refractivity contribution in [2.75, 3.05) is 0 Å². The van der Waals surface area contributed by atoms with E-state index in [1.807, 2.05) is 36.5 Å². The van der Waals surface area contributed by atoms with Gasteiger partial charge in [0.1, 0.15) is 58.5 Å². The molecule has 0 aliphatic rings. The number of halogens is 21. The number of hydrogen-bond donors (Lipinski definition) is 0. The first kappa shape index (κ1) is 45.8. The van der Waals surface area contributed by atoms with Gasteiger partial charge >= 0.3 is 0 Å². The Morgan fingerprint density at radius 2 is 0.571 bits per heavy atom. The molecular weight excluding hydrogens is 904 g/mol.